The van der Waals surface area contributed by atoms with E-state index >= 15 is 0 Å². The second-order valence-electron chi connectivity index (χ2n) is 3.65. The monoisotopic (exact) mass is 224 g/mol. The Balaban J connectivity index is 2.49. The summed E-state index contributed by atoms with van der Waals surface area (Å²) in [6, 6.07) is 4.47. The number of carboxylic acids is 1. The van der Waals surface area contributed by atoms with Crippen molar-refractivity contribution in [3.63, 3.8) is 0 Å². The Kier molecular flexibility index (Phi) is 2.57. The number of hydrogen-bond donors (Lipinski definition) is 2. The Morgan fingerprint density at radius 2 is 2.00 bits per heavy atom. The van der Waals surface area contributed by atoms with Gasteiger partial charge in [0.25, 0.3) is 0 Å². The van der Waals surface area contributed by atoms with Gasteiger partial charge in [-0.1, -0.05) is 6.07 Å². The molecule has 16 heavy (non-hydrogen) atoms. The predicted octanol–water partition coefficient (Wildman–Crippen LogP) is 1.31. The highest BCUT2D eigenvalue weighted by molar-refractivity contribution is 5.91. The maximum Gasteiger partial charge on any atom is 0.339 e. The minimum Gasteiger partial charge on any atom is -0.507 e. The highest BCUT2D eigenvalue weighted by Crippen LogP contribution is 2.37. The molecule has 0 radical (unpaired) electrons. The standard InChI is InChI=1S/C11H12O5/c1-11(15-5-6-16-11)8-4-2-3-7(9(8)12)10(13)14/h2-4,12H,5-6H2,1H3,(H,13,14). The summed E-state index contributed by atoms with van der Waals surface area (Å²) in [5.41, 5.74) is 0.183. The molecule has 1 aliphatic rings. The van der Waals surface area contributed by atoms with Crippen LogP contribution in [0.15, 0.2) is 18.2 Å². The van der Waals surface area contributed by atoms with Gasteiger partial charge in [0.05, 0.1) is 18.8 Å². The van der Waals surface area contributed by atoms with Gasteiger partial charge in [-0.2, -0.15) is 0 Å². The van der Waals surface area contributed by atoms with E-state index in [9.17, 15) is 9.90 Å². The van der Waals surface area contributed by atoms with Gasteiger partial charge in [-0.25, -0.2) is 4.79 Å². The van der Waals surface area contributed by atoms with E-state index in [0.29, 0.717) is 18.8 Å². The van der Waals surface area contributed by atoms with Gasteiger partial charge < -0.3 is 19.7 Å². The van der Waals surface area contributed by atoms with Gasteiger partial charge in [-0.05, 0) is 19.1 Å². The van der Waals surface area contributed by atoms with Crippen molar-refractivity contribution in [3.05, 3.63) is 29.3 Å². The van der Waals surface area contributed by atoms with Crippen LogP contribution < -0.4 is 0 Å². The van der Waals surface area contributed by atoms with Crippen LogP contribution >= 0.6 is 0 Å². The molecule has 0 saturated carbocycles. The molecular weight excluding hydrogens is 212 g/mol. The van der Waals surface area contributed by atoms with Crippen molar-refractivity contribution in [3.8, 4) is 5.75 Å². The number of carbonyl (C=O) groups is 1. The molecule has 0 aliphatic carbocycles. The van der Waals surface area contributed by atoms with Gasteiger partial charge in [-0.3, -0.25) is 0 Å². The fourth-order valence-electron chi connectivity index (χ4n) is 1.75. The van der Waals surface area contributed by atoms with Crippen LogP contribution in [0, 0.1) is 0 Å². The molecule has 1 aliphatic heterocycles. The van der Waals surface area contributed by atoms with Crippen molar-refractivity contribution in [1.29, 1.82) is 0 Å². The molecule has 0 atom stereocenters. The number of phenols is 1. The summed E-state index contributed by atoms with van der Waals surface area (Å²) < 4.78 is 10.7. The maximum absolute atomic E-state index is 10.9. The summed E-state index contributed by atoms with van der Waals surface area (Å²) in [5, 5.41) is 18.7. The first-order valence-electron chi connectivity index (χ1n) is 4.88. The van der Waals surface area contributed by atoms with Crippen molar-refractivity contribution in [1.82, 2.24) is 0 Å². The Morgan fingerprint density at radius 3 is 2.56 bits per heavy atom. The summed E-state index contributed by atoms with van der Waals surface area (Å²) in [6.45, 7) is 2.50. The average molecular weight is 224 g/mol. The van der Waals surface area contributed by atoms with Crippen LogP contribution in [0.5, 0.6) is 5.75 Å². The van der Waals surface area contributed by atoms with E-state index in [-0.39, 0.29) is 11.3 Å². The van der Waals surface area contributed by atoms with Gasteiger partial charge in [0, 0.05) is 0 Å². The Bertz CT molecular complexity index is 420. The smallest absolute Gasteiger partial charge is 0.339 e. The lowest BCUT2D eigenvalue weighted by atomic mass is 10.0. The zero-order chi connectivity index (χ0) is 11.8. The molecule has 86 valence electrons. The van der Waals surface area contributed by atoms with Gasteiger partial charge in [0.1, 0.15) is 11.3 Å². The van der Waals surface area contributed by atoms with Crippen LogP contribution in [0.3, 0.4) is 0 Å². The minimum absolute atomic E-state index is 0.155. The second kappa shape index (κ2) is 3.77. The third-order valence-electron chi connectivity index (χ3n) is 2.59. The molecule has 5 heteroatoms. The molecular formula is C11H12O5. The Labute approximate surface area is 92.2 Å². The van der Waals surface area contributed by atoms with E-state index in [0.717, 1.165) is 0 Å². The first-order valence-corrected chi connectivity index (χ1v) is 4.88. The molecule has 1 saturated heterocycles. The fraction of sp³-hybridized carbons (Fsp3) is 0.364. The van der Waals surface area contributed by atoms with Crippen molar-refractivity contribution in [2.45, 2.75) is 12.7 Å². The normalized spacial score (nSPS) is 18.6. The number of rotatable bonds is 2. The van der Waals surface area contributed by atoms with Crippen molar-refractivity contribution in [2.24, 2.45) is 0 Å². The van der Waals surface area contributed by atoms with E-state index in [2.05, 4.69) is 0 Å². The predicted molar refractivity (Wildman–Crippen MR) is 54.3 cm³/mol. The molecule has 5 nitrogen and oxygen atoms in total. The molecule has 1 heterocycles. The van der Waals surface area contributed by atoms with E-state index in [1.807, 2.05) is 0 Å². The summed E-state index contributed by atoms with van der Waals surface area (Å²) in [6.07, 6.45) is 0. The molecule has 1 fully saturated rings. The average Bonchev–Trinajstić information content (AvgIpc) is 2.66. The van der Waals surface area contributed by atoms with Crippen LogP contribution in [0.4, 0.5) is 0 Å². The highest BCUT2D eigenvalue weighted by Gasteiger charge is 2.36. The lowest BCUT2D eigenvalue weighted by Gasteiger charge is -2.24. The molecule has 0 unspecified atom stereocenters. The van der Waals surface area contributed by atoms with Crippen molar-refractivity contribution >= 4 is 5.97 Å². The molecule has 1 aromatic rings. The molecule has 0 aromatic heterocycles. The van der Waals surface area contributed by atoms with Crippen LogP contribution in [0.25, 0.3) is 0 Å². The number of benzene rings is 1. The summed E-state index contributed by atoms with van der Waals surface area (Å²) in [4.78, 5) is 10.9. The van der Waals surface area contributed by atoms with Crippen LogP contribution in [0.2, 0.25) is 0 Å². The van der Waals surface area contributed by atoms with Crippen LogP contribution in [-0.4, -0.2) is 29.4 Å². The molecule has 0 amide bonds. The maximum atomic E-state index is 10.9. The largest absolute Gasteiger partial charge is 0.507 e. The Morgan fingerprint density at radius 1 is 1.38 bits per heavy atom. The SMILES string of the molecule is CC1(c2cccc(C(=O)O)c2O)OCCO1. The lowest BCUT2D eigenvalue weighted by molar-refractivity contribution is -0.150. The quantitative estimate of drug-likeness (QED) is 0.792. The number of aromatic carboxylic acids is 1. The zero-order valence-electron chi connectivity index (χ0n) is 8.77. The third kappa shape index (κ3) is 1.64. The number of ether oxygens (including phenoxy) is 2. The van der Waals surface area contributed by atoms with Crippen LogP contribution in [0.1, 0.15) is 22.8 Å². The fourth-order valence-corrected chi connectivity index (χ4v) is 1.75. The molecule has 1 aromatic carbocycles. The number of hydrogen-bond acceptors (Lipinski definition) is 4. The molecule has 2 rings (SSSR count). The Hall–Kier alpha value is -1.59. The summed E-state index contributed by atoms with van der Waals surface area (Å²) in [5.74, 6) is -2.55. The topological polar surface area (TPSA) is 76.0 Å². The van der Waals surface area contributed by atoms with Crippen molar-refractivity contribution in [2.75, 3.05) is 13.2 Å². The van der Waals surface area contributed by atoms with Crippen LogP contribution in [-0.2, 0) is 15.3 Å². The minimum atomic E-state index is -1.18. The van der Waals surface area contributed by atoms with Gasteiger partial charge in [0.2, 0.25) is 0 Å². The van der Waals surface area contributed by atoms with Gasteiger partial charge in [0.15, 0.2) is 5.79 Å². The van der Waals surface area contributed by atoms with Gasteiger partial charge >= 0.3 is 5.97 Å². The zero-order valence-corrected chi connectivity index (χ0v) is 8.77. The summed E-state index contributed by atoms with van der Waals surface area (Å²) in [7, 11) is 0. The first kappa shape index (κ1) is 10.9. The second-order valence-corrected chi connectivity index (χ2v) is 3.65. The lowest BCUT2D eigenvalue weighted by Crippen LogP contribution is -2.23. The molecule has 0 bridgehead atoms. The van der Waals surface area contributed by atoms with E-state index in [1.165, 1.54) is 6.07 Å². The van der Waals surface area contributed by atoms with Gasteiger partial charge in [-0.15, -0.1) is 0 Å². The van der Waals surface area contributed by atoms with E-state index < -0.39 is 11.8 Å². The number of aromatic hydroxyl groups is 1. The first-order chi connectivity index (χ1) is 7.54. The molecule has 2 N–H and O–H groups in total. The number of carboxylic acid groups (broad SMARTS) is 1. The van der Waals surface area contributed by atoms with E-state index in [1.54, 1.807) is 19.1 Å². The van der Waals surface area contributed by atoms with E-state index in [4.69, 9.17) is 14.6 Å². The summed E-state index contributed by atoms with van der Waals surface area (Å²) >= 11 is 0. The molecule has 0 spiro atoms. The van der Waals surface area contributed by atoms with Crippen molar-refractivity contribution < 1.29 is 24.5 Å². The number of para-hydroxylation sites is 1. The highest BCUT2D eigenvalue weighted by atomic mass is 16.7. The third-order valence-corrected chi connectivity index (χ3v) is 2.59.